The summed E-state index contributed by atoms with van der Waals surface area (Å²) in [7, 11) is 3.38. The highest BCUT2D eigenvalue weighted by Gasteiger charge is 2.32. The topological polar surface area (TPSA) is 29.5 Å². The van der Waals surface area contributed by atoms with Gasteiger partial charge in [-0.25, -0.2) is 0 Å². The number of benzene rings is 2. The van der Waals surface area contributed by atoms with E-state index in [1.165, 1.54) is 0 Å². The van der Waals surface area contributed by atoms with Crippen molar-refractivity contribution in [1.82, 2.24) is 4.90 Å². The number of carbonyl (C=O) groups is 1. The van der Waals surface area contributed by atoms with Crippen molar-refractivity contribution in [2.24, 2.45) is 0 Å². The van der Waals surface area contributed by atoms with E-state index in [4.69, 9.17) is 27.9 Å². The molecular weight excluding hydrogens is 345 g/mol. The lowest BCUT2D eigenvalue weighted by molar-refractivity contribution is -0.135. The molecule has 0 aliphatic heterocycles. The van der Waals surface area contributed by atoms with Gasteiger partial charge < -0.3 is 9.64 Å². The Morgan fingerprint density at radius 2 is 1.67 bits per heavy atom. The van der Waals surface area contributed by atoms with E-state index < -0.39 is 5.41 Å². The molecule has 0 saturated heterocycles. The van der Waals surface area contributed by atoms with Gasteiger partial charge in [0.2, 0.25) is 5.91 Å². The minimum Gasteiger partial charge on any atom is -0.496 e. The molecule has 24 heavy (non-hydrogen) atoms. The Hall–Kier alpha value is -1.71. The second-order valence-corrected chi connectivity index (χ2v) is 7.12. The highest BCUT2D eigenvalue weighted by molar-refractivity contribution is 6.30. The Morgan fingerprint density at radius 1 is 1.08 bits per heavy atom. The normalized spacial score (nSPS) is 11.2. The van der Waals surface area contributed by atoms with Crippen LogP contribution >= 0.6 is 23.2 Å². The average Bonchev–Trinajstić information content (AvgIpc) is 2.54. The molecule has 0 radical (unpaired) electrons. The van der Waals surface area contributed by atoms with Crippen molar-refractivity contribution in [3.05, 3.63) is 63.6 Å². The Labute approximate surface area is 153 Å². The maximum Gasteiger partial charge on any atom is 0.232 e. The first kappa shape index (κ1) is 18.6. The van der Waals surface area contributed by atoms with Gasteiger partial charge in [-0.05, 0) is 49.7 Å². The lowest BCUT2D eigenvalue weighted by Crippen LogP contribution is -2.41. The standard InChI is InChI=1S/C19H21Cl2NO2/c1-19(2,14-5-7-15(20)8-6-14)18(23)22(3)12-13-11-16(21)9-10-17(13)24-4/h5-11H,12H2,1-4H3. The van der Waals surface area contributed by atoms with E-state index in [-0.39, 0.29) is 5.91 Å². The van der Waals surface area contributed by atoms with Crippen LogP contribution in [0.3, 0.4) is 0 Å². The summed E-state index contributed by atoms with van der Waals surface area (Å²) in [6.45, 7) is 4.23. The molecule has 1 amide bonds. The third-order valence-corrected chi connectivity index (χ3v) is 4.58. The maximum absolute atomic E-state index is 13.0. The van der Waals surface area contributed by atoms with Gasteiger partial charge in [0.05, 0.1) is 12.5 Å². The zero-order chi connectivity index (χ0) is 17.9. The molecule has 0 aliphatic rings. The molecule has 0 N–H and O–H groups in total. The lowest BCUT2D eigenvalue weighted by Gasteiger charge is -2.30. The van der Waals surface area contributed by atoms with Crippen molar-refractivity contribution in [2.45, 2.75) is 25.8 Å². The Morgan fingerprint density at radius 3 is 2.25 bits per heavy atom. The molecule has 0 aliphatic carbocycles. The van der Waals surface area contributed by atoms with Crippen LogP contribution in [0.15, 0.2) is 42.5 Å². The number of likely N-dealkylation sites (N-methyl/N-ethyl adjacent to an activating group) is 1. The van der Waals surface area contributed by atoms with Gasteiger partial charge in [0.25, 0.3) is 0 Å². The predicted molar refractivity (Wildman–Crippen MR) is 99.0 cm³/mol. The van der Waals surface area contributed by atoms with E-state index in [1.807, 2.05) is 32.0 Å². The SMILES string of the molecule is COc1ccc(Cl)cc1CN(C)C(=O)C(C)(C)c1ccc(Cl)cc1. The van der Waals surface area contributed by atoms with Crippen LogP contribution in [0.4, 0.5) is 0 Å². The molecule has 2 rings (SSSR count). The van der Waals surface area contributed by atoms with E-state index in [0.717, 1.165) is 11.1 Å². The maximum atomic E-state index is 13.0. The van der Waals surface area contributed by atoms with Gasteiger partial charge in [-0.2, -0.15) is 0 Å². The first-order valence-electron chi connectivity index (χ1n) is 7.59. The largest absolute Gasteiger partial charge is 0.496 e. The number of methoxy groups -OCH3 is 1. The molecule has 0 unspecified atom stereocenters. The zero-order valence-electron chi connectivity index (χ0n) is 14.3. The molecule has 0 aromatic heterocycles. The molecular formula is C19H21Cl2NO2. The van der Waals surface area contributed by atoms with Crippen molar-refractivity contribution >= 4 is 29.1 Å². The van der Waals surface area contributed by atoms with Gasteiger partial charge in [-0.3, -0.25) is 4.79 Å². The molecule has 0 spiro atoms. The molecule has 3 nitrogen and oxygen atoms in total. The lowest BCUT2D eigenvalue weighted by atomic mass is 9.83. The van der Waals surface area contributed by atoms with Crippen molar-refractivity contribution in [1.29, 1.82) is 0 Å². The van der Waals surface area contributed by atoms with Crippen LogP contribution in [0.1, 0.15) is 25.0 Å². The molecule has 2 aromatic carbocycles. The summed E-state index contributed by atoms with van der Waals surface area (Å²) in [6, 6.07) is 12.8. The highest BCUT2D eigenvalue weighted by atomic mass is 35.5. The average molecular weight is 366 g/mol. The first-order chi connectivity index (χ1) is 11.3. The van der Waals surface area contributed by atoms with Crippen LogP contribution in [0.2, 0.25) is 10.0 Å². The van der Waals surface area contributed by atoms with Crippen LogP contribution < -0.4 is 4.74 Å². The molecule has 5 heteroatoms. The quantitative estimate of drug-likeness (QED) is 0.750. The monoisotopic (exact) mass is 365 g/mol. The second-order valence-electron chi connectivity index (χ2n) is 6.25. The van der Waals surface area contributed by atoms with Crippen molar-refractivity contribution in [2.75, 3.05) is 14.2 Å². The number of hydrogen-bond acceptors (Lipinski definition) is 2. The number of carbonyl (C=O) groups excluding carboxylic acids is 1. The molecule has 128 valence electrons. The van der Waals surface area contributed by atoms with Gasteiger partial charge in [0.15, 0.2) is 0 Å². The molecule has 2 aromatic rings. The van der Waals surface area contributed by atoms with Gasteiger partial charge >= 0.3 is 0 Å². The summed E-state index contributed by atoms with van der Waals surface area (Å²) >= 11 is 12.0. The van der Waals surface area contributed by atoms with Crippen molar-refractivity contribution < 1.29 is 9.53 Å². The smallest absolute Gasteiger partial charge is 0.232 e. The Bertz CT molecular complexity index is 727. The van der Waals surface area contributed by atoms with Crippen LogP contribution in [0.5, 0.6) is 5.75 Å². The summed E-state index contributed by atoms with van der Waals surface area (Å²) in [6.07, 6.45) is 0. The summed E-state index contributed by atoms with van der Waals surface area (Å²) in [5, 5.41) is 1.27. The van der Waals surface area contributed by atoms with Crippen LogP contribution in [0, 0.1) is 0 Å². The van der Waals surface area contributed by atoms with Crippen LogP contribution in [0.25, 0.3) is 0 Å². The van der Waals surface area contributed by atoms with Gasteiger partial charge in [0.1, 0.15) is 5.75 Å². The molecule has 0 fully saturated rings. The first-order valence-corrected chi connectivity index (χ1v) is 8.35. The number of rotatable bonds is 5. The fourth-order valence-electron chi connectivity index (χ4n) is 2.67. The molecule has 0 bridgehead atoms. The minimum atomic E-state index is -0.662. The zero-order valence-corrected chi connectivity index (χ0v) is 15.8. The highest BCUT2D eigenvalue weighted by Crippen LogP contribution is 2.29. The number of ether oxygens (including phenoxy) is 1. The second kappa shape index (κ2) is 7.45. The van der Waals surface area contributed by atoms with Crippen molar-refractivity contribution in [3.8, 4) is 5.75 Å². The fraction of sp³-hybridized carbons (Fsp3) is 0.316. The predicted octanol–water partition coefficient (Wildman–Crippen LogP) is 4.94. The fourth-order valence-corrected chi connectivity index (χ4v) is 2.99. The summed E-state index contributed by atoms with van der Waals surface area (Å²) in [5.74, 6) is 0.718. The summed E-state index contributed by atoms with van der Waals surface area (Å²) < 4.78 is 5.35. The number of hydrogen-bond donors (Lipinski definition) is 0. The van der Waals surface area contributed by atoms with Crippen LogP contribution in [-0.2, 0) is 16.8 Å². The van der Waals surface area contributed by atoms with E-state index in [9.17, 15) is 4.79 Å². The number of halogens is 2. The summed E-state index contributed by atoms with van der Waals surface area (Å²) in [5.41, 5.74) is 1.13. The third-order valence-electron chi connectivity index (χ3n) is 4.10. The van der Waals surface area contributed by atoms with Gasteiger partial charge in [-0.1, -0.05) is 35.3 Å². The van der Waals surface area contributed by atoms with E-state index in [0.29, 0.717) is 22.3 Å². The minimum absolute atomic E-state index is 0.00634. The summed E-state index contributed by atoms with van der Waals surface area (Å²) in [4.78, 5) is 14.6. The van der Waals surface area contributed by atoms with Crippen LogP contribution in [-0.4, -0.2) is 25.0 Å². The van der Waals surface area contributed by atoms with E-state index in [1.54, 1.807) is 43.3 Å². The molecule has 0 atom stereocenters. The Kier molecular flexibility index (Phi) is 5.79. The van der Waals surface area contributed by atoms with Gasteiger partial charge in [0, 0.05) is 29.2 Å². The van der Waals surface area contributed by atoms with Crippen molar-refractivity contribution in [3.63, 3.8) is 0 Å². The molecule has 0 heterocycles. The van der Waals surface area contributed by atoms with E-state index >= 15 is 0 Å². The Balaban J connectivity index is 2.23. The molecule has 0 saturated carbocycles. The van der Waals surface area contributed by atoms with Gasteiger partial charge in [-0.15, -0.1) is 0 Å². The van der Waals surface area contributed by atoms with E-state index in [2.05, 4.69) is 0 Å². The number of nitrogens with zero attached hydrogens (tertiary/aromatic N) is 1. The third kappa shape index (κ3) is 4.03. The number of amides is 1.